The zero-order valence-electron chi connectivity index (χ0n) is 14.6. The van der Waals surface area contributed by atoms with Crippen molar-refractivity contribution in [1.82, 2.24) is 4.90 Å². The van der Waals surface area contributed by atoms with Gasteiger partial charge in [0.1, 0.15) is 12.4 Å². The smallest absolute Gasteiger partial charge is 0.417 e. The van der Waals surface area contributed by atoms with Gasteiger partial charge in [-0.2, -0.15) is 0 Å². The molecule has 1 aliphatic rings. The maximum Gasteiger partial charge on any atom is 0.417 e. The first-order valence-corrected chi connectivity index (χ1v) is 8.50. The molecule has 0 bridgehead atoms. The fourth-order valence-corrected chi connectivity index (χ4v) is 2.97. The number of ether oxygens (including phenoxy) is 1. The van der Waals surface area contributed by atoms with Gasteiger partial charge in [-0.1, -0.05) is 44.2 Å². The lowest BCUT2D eigenvalue weighted by atomic mass is 9.89. The number of hydrogen-bond donors (Lipinski definition) is 0. The quantitative estimate of drug-likeness (QED) is 0.565. The number of rotatable bonds is 7. The minimum atomic E-state index is -0.903. The Kier molecular flexibility index (Phi) is 6.35. The number of carbonyl (C=O) groups is 3. The molecule has 1 aromatic rings. The van der Waals surface area contributed by atoms with E-state index in [-0.39, 0.29) is 31.1 Å². The molecule has 2 rings (SSSR count). The molecule has 5 heteroatoms. The minimum absolute atomic E-state index is 0.136. The summed E-state index contributed by atoms with van der Waals surface area (Å²) in [5, 5.41) is 0. The van der Waals surface area contributed by atoms with Gasteiger partial charge in [0, 0.05) is 12.3 Å². The lowest BCUT2D eigenvalue weighted by molar-refractivity contribution is -0.140. The van der Waals surface area contributed by atoms with E-state index in [1.165, 1.54) is 0 Å². The number of terminal acetylenes is 1. The van der Waals surface area contributed by atoms with Gasteiger partial charge in [0.15, 0.2) is 0 Å². The van der Waals surface area contributed by atoms with E-state index in [2.05, 4.69) is 5.92 Å². The summed E-state index contributed by atoms with van der Waals surface area (Å²) in [4.78, 5) is 38.4. The Balaban J connectivity index is 2.21. The normalized spacial score (nSPS) is 19.0. The van der Waals surface area contributed by atoms with Crippen LogP contribution >= 0.6 is 0 Å². The first kappa shape index (κ1) is 18.7. The van der Waals surface area contributed by atoms with Gasteiger partial charge in [0.2, 0.25) is 5.91 Å². The molecule has 0 N–H and O–H groups in total. The van der Waals surface area contributed by atoms with E-state index in [1.54, 1.807) is 13.8 Å². The van der Waals surface area contributed by atoms with Crippen molar-refractivity contribution in [2.75, 3.05) is 6.61 Å². The fourth-order valence-electron chi connectivity index (χ4n) is 2.97. The van der Waals surface area contributed by atoms with Gasteiger partial charge in [-0.3, -0.25) is 9.59 Å². The van der Waals surface area contributed by atoms with E-state index >= 15 is 0 Å². The topological polar surface area (TPSA) is 63.7 Å². The van der Waals surface area contributed by atoms with Crippen LogP contribution in [0.15, 0.2) is 30.3 Å². The Bertz CT molecular complexity index is 677. The maximum absolute atomic E-state index is 12.9. The molecule has 0 spiro atoms. The van der Waals surface area contributed by atoms with Crippen LogP contribution in [0.25, 0.3) is 0 Å². The summed E-state index contributed by atoms with van der Waals surface area (Å²) in [6.07, 6.45) is 5.67. The van der Waals surface area contributed by atoms with Gasteiger partial charge >= 0.3 is 6.09 Å². The second-order valence-corrected chi connectivity index (χ2v) is 6.30. The van der Waals surface area contributed by atoms with Gasteiger partial charge in [0.05, 0.1) is 12.0 Å². The van der Waals surface area contributed by atoms with E-state index in [4.69, 9.17) is 11.2 Å². The van der Waals surface area contributed by atoms with Crippen LogP contribution in [0.5, 0.6) is 0 Å². The number of ketones is 1. The van der Waals surface area contributed by atoms with E-state index in [0.717, 1.165) is 10.5 Å². The number of Topliss-reactive ketones (excluding diaryl/α,β-unsaturated/α-hetero) is 1. The SMILES string of the molecule is C#C[C@H](C)C[C@@H](C(=O)CC)C(=O)N1C(=O)OC[C@@H]1Cc1ccccc1. The number of cyclic esters (lactones) is 1. The molecule has 0 unspecified atom stereocenters. The summed E-state index contributed by atoms with van der Waals surface area (Å²) in [6.45, 7) is 3.62. The standard InChI is InChI=1S/C20H23NO4/c1-4-14(3)11-17(18(22)5-2)19(23)21-16(13-25-20(21)24)12-15-9-7-6-8-10-15/h1,6-10,14,16-17H,5,11-13H2,2-3H3/t14-,16-,17-/m0/s1. The maximum atomic E-state index is 12.9. The largest absolute Gasteiger partial charge is 0.447 e. The van der Waals surface area contributed by atoms with Crippen LogP contribution in [0.1, 0.15) is 32.3 Å². The molecule has 1 fully saturated rings. The first-order valence-electron chi connectivity index (χ1n) is 8.50. The predicted octanol–water partition coefficient (Wildman–Crippen LogP) is 2.83. The van der Waals surface area contributed by atoms with Gasteiger partial charge in [-0.25, -0.2) is 9.69 Å². The number of imide groups is 1. The Morgan fingerprint density at radius 2 is 2.04 bits per heavy atom. The van der Waals surface area contributed by atoms with Crippen molar-refractivity contribution in [2.24, 2.45) is 11.8 Å². The summed E-state index contributed by atoms with van der Waals surface area (Å²) in [5.41, 5.74) is 0.999. The fraction of sp³-hybridized carbons (Fsp3) is 0.450. The third-order valence-electron chi connectivity index (χ3n) is 4.42. The Morgan fingerprint density at radius 1 is 1.36 bits per heavy atom. The number of hydrogen-bond acceptors (Lipinski definition) is 4. The zero-order chi connectivity index (χ0) is 18.4. The van der Waals surface area contributed by atoms with E-state index < -0.39 is 24.0 Å². The molecule has 3 atom stereocenters. The average Bonchev–Trinajstić information content (AvgIpc) is 2.99. The number of amides is 2. The molecule has 0 aromatic heterocycles. The Morgan fingerprint density at radius 3 is 2.64 bits per heavy atom. The van der Waals surface area contributed by atoms with E-state index in [9.17, 15) is 14.4 Å². The highest BCUT2D eigenvalue weighted by atomic mass is 16.6. The van der Waals surface area contributed by atoms with Crippen molar-refractivity contribution in [1.29, 1.82) is 0 Å². The van der Waals surface area contributed by atoms with Crippen LogP contribution < -0.4 is 0 Å². The molecule has 25 heavy (non-hydrogen) atoms. The molecule has 0 radical (unpaired) electrons. The minimum Gasteiger partial charge on any atom is -0.447 e. The Hall–Kier alpha value is -2.61. The van der Waals surface area contributed by atoms with Crippen molar-refractivity contribution in [3.8, 4) is 12.3 Å². The monoisotopic (exact) mass is 341 g/mol. The number of nitrogens with zero attached hydrogens (tertiary/aromatic N) is 1. The Labute approximate surface area is 148 Å². The summed E-state index contributed by atoms with van der Waals surface area (Å²) in [7, 11) is 0. The third-order valence-corrected chi connectivity index (χ3v) is 4.42. The second kappa shape index (κ2) is 8.48. The van der Waals surface area contributed by atoms with E-state index in [1.807, 2.05) is 30.3 Å². The molecule has 1 heterocycles. The van der Waals surface area contributed by atoms with Gasteiger partial charge in [0.25, 0.3) is 0 Å². The van der Waals surface area contributed by atoms with Crippen LogP contribution in [0, 0.1) is 24.2 Å². The molecular formula is C20H23NO4. The molecule has 0 saturated carbocycles. The van der Waals surface area contributed by atoms with Crippen molar-refractivity contribution < 1.29 is 19.1 Å². The van der Waals surface area contributed by atoms with Crippen molar-refractivity contribution in [3.05, 3.63) is 35.9 Å². The highest BCUT2D eigenvalue weighted by Gasteiger charge is 2.42. The summed E-state index contributed by atoms with van der Waals surface area (Å²) in [6, 6.07) is 9.16. The van der Waals surface area contributed by atoms with Crippen molar-refractivity contribution in [3.63, 3.8) is 0 Å². The first-order chi connectivity index (χ1) is 12.0. The van der Waals surface area contributed by atoms with Crippen LogP contribution in [0.4, 0.5) is 4.79 Å². The van der Waals surface area contributed by atoms with Crippen molar-refractivity contribution in [2.45, 2.75) is 39.2 Å². The van der Waals surface area contributed by atoms with Crippen LogP contribution in [0.3, 0.4) is 0 Å². The lowest BCUT2D eigenvalue weighted by Gasteiger charge is -2.25. The average molecular weight is 341 g/mol. The molecule has 1 aromatic carbocycles. The third kappa shape index (κ3) is 4.48. The van der Waals surface area contributed by atoms with Crippen LogP contribution in [-0.4, -0.2) is 35.3 Å². The number of carbonyl (C=O) groups excluding carboxylic acids is 3. The van der Waals surface area contributed by atoms with Gasteiger partial charge in [-0.05, 0) is 18.4 Å². The van der Waals surface area contributed by atoms with Crippen LogP contribution in [0.2, 0.25) is 0 Å². The summed E-state index contributed by atoms with van der Waals surface area (Å²) >= 11 is 0. The summed E-state index contributed by atoms with van der Waals surface area (Å²) < 4.78 is 5.08. The molecule has 0 aliphatic carbocycles. The molecule has 132 valence electrons. The molecule has 2 amide bonds. The van der Waals surface area contributed by atoms with Gasteiger partial charge in [-0.15, -0.1) is 12.3 Å². The second-order valence-electron chi connectivity index (χ2n) is 6.30. The highest BCUT2D eigenvalue weighted by Crippen LogP contribution is 2.24. The number of benzene rings is 1. The molecule has 1 aliphatic heterocycles. The highest BCUT2D eigenvalue weighted by molar-refractivity contribution is 6.06. The predicted molar refractivity (Wildman–Crippen MR) is 93.5 cm³/mol. The van der Waals surface area contributed by atoms with Gasteiger partial charge < -0.3 is 4.74 Å². The molecule has 5 nitrogen and oxygen atoms in total. The molecule has 1 saturated heterocycles. The van der Waals surface area contributed by atoms with Crippen molar-refractivity contribution >= 4 is 17.8 Å². The van der Waals surface area contributed by atoms with E-state index in [0.29, 0.717) is 6.42 Å². The summed E-state index contributed by atoms with van der Waals surface area (Å²) in [5.74, 6) is 0.708. The van der Waals surface area contributed by atoms with Crippen LogP contribution in [-0.2, 0) is 20.7 Å². The molecular weight excluding hydrogens is 318 g/mol. The zero-order valence-corrected chi connectivity index (χ0v) is 14.6. The lowest BCUT2D eigenvalue weighted by Crippen LogP contribution is -2.46.